The summed E-state index contributed by atoms with van der Waals surface area (Å²) < 4.78 is 0. The average Bonchev–Trinajstić information content (AvgIpc) is 2.81. The quantitative estimate of drug-likeness (QED) is 0.859. The van der Waals surface area contributed by atoms with Gasteiger partial charge in [0.25, 0.3) is 0 Å². The second-order valence-electron chi connectivity index (χ2n) is 5.44. The van der Waals surface area contributed by atoms with Crippen molar-refractivity contribution in [3.05, 3.63) is 45.9 Å². The van der Waals surface area contributed by atoms with E-state index in [2.05, 4.69) is 45.0 Å². The van der Waals surface area contributed by atoms with Crippen LogP contribution in [0.2, 0.25) is 0 Å². The Morgan fingerprint density at radius 2 is 1.89 bits per heavy atom. The van der Waals surface area contributed by atoms with Crippen molar-refractivity contribution in [3.8, 4) is 0 Å². The third-order valence-electron chi connectivity index (χ3n) is 2.74. The molecule has 0 fully saturated rings. The van der Waals surface area contributed by atoms with E-state index in [0.717, 1.165) is 11.4 Å². The summed E-state index contributed by atoms with van der Waals surface area (Å²) >= 11 is 3.57. The van der Waals surface area contributed by atoms with Crippen LogP contribution in [0, 0.1) is 0 Å². The third-order valence-corrected chi connectivity index (χ3v) is 5.03. The zero-order chi connectivity index (χ0) is 13.9. The number of hydrogen-bond donors (Lipinski definition) is 1. The highest BCUT2D eigenvalue weighted by atomic mass is 32.2. The van der Waals surface area contributed by atoms with Crippen molar-refractivity contribution in [2.45, 2.75) is 43.4 Å². The molecule has 0 atom stereocenters. The molecule has 1 heterocycles. The van der Waals surface area contributed by atoms with Crippen LogP contribution in [0.3, 0.4) is 0 Å². The predicted octanol–water partition coefficient (Wildman–Crippen LogP) is 4.19. The first-order chi connectivity index (χ1) is 9.00. The maximum atomic E-state index is 5.83. The van der Waals surface area contributed by atoms with Crippen LogP contribution in [0.25, 0.3) is 0 Å². The number of thioether (sulfide) groups is 1. The first-order valence-electron chi connectivity index (χ1n) is 6.37. The second-order valence-corrected chi connectivity index (χ2v) is 7.65. The van der Waals surface area contributed by atoms with Crippen LogP contribution in [0.5, 0.6) is 0 Å². The van der Waals surface area contributed by atoms with Crippen LogP contribution in [-0.4, -0.2) is 4.98 Å². The van der Waals surface area contributed by atoms with Gasteiger partial charge < -0.3 is 5.73 Å². The predicted molar refractivity (Wildman–Crippen MR) is 84.7 cm³/mol. The molecule has 19 heavy (non-hydrogen) atoms. The normalized spacial score (nSPS) is 11.8. The van der Waals surface area contributed by atoms with E-state index in [0.29, 0.717) is 6.54 Å². The van der Waals surface area contributed by atoms with E-state index in [1.54, 1.807) is 11.3 Å². The molecule has 0 amide bonds. The number of aromatic nitrogens is 1. The van der Waals surface area contributed by atoms with Gasteiger partial charge in [-0.15, -0.1) is 23.1 Å². The standard InChI is InChI=1S/C15H20N2S2/c1-15(2,3)14-12(9-16)19-13(17-14)10-18-11-7-5-4-6-8-11/h4-8H,9-10,16H2,1-3H3. The van der Waals surface area contributed by atoms with Crippen LogP contribution < -0.4 is 5.73 Å². The lowest BCUT2D eigenvalue weighted by Gasteiger charge is -2.16. The van der Waals surface area contributed by atoms with Gasteiger partial charge in [-0.25, -0.2) is 4.98 Å². The second kappa shape index (κ2) is 6.07. The smallest absolute Gasteiger partial charge is 0.103 e. The van der Waals surface area contributed by atoms with Gasteiger partial charge in [-0.2, -0.15) is 0 Å². The fraction of sp³-hybridized carbons (Fsp3) is 0.400. The van der Waals surface area contributed by atoms with Crippen LogP contribution in [-0.2, 0) is 17.7 Å². The summed E-state index contributed by atoms with van der Waals surface area (Å²) in [6.45, 7) is 7.15. The van der Waals surface area contributed by atoms with Crippen LogP contribution in [0.1, 0.15) is 36.3 Å². The van der Waals surface area contributed by atoms with Gasteiger partial charge in [0, 0.05) is 21.7 Å². The van der Waals surface area contributed by atoms with E-state index in [-0.39, 0.29) is 5.41 Å². The molecular weight excluding hydrogens is 272 g/mol. The lowest BCUT2D eigenvalue weighted by molar-refractivity contribution is 0.565. The van der Waals surface area contributed by atoms with E-state index in [4.69, 9.17) is 10.7 Å². The number of rotatable bonds is 4. The Hall–Kier alpha value is -0.840. The third kappa shape index (κ3) is 3.81. The number of nitrogens with two attached hydrogens (primary N) is 1. The van der Waals surface area contributed by atoms with Gasteiger partial charge in [0.2, 0.25) is 0 Å². The van der Waals surface area contributed by atoms with Crippen LogP contribution in [0.4, 0.5) is 0 Å². The number of benzene rings is 1. The van der Waals surface area contributed by atoms with Gasteiger partial charge in [0.05, 0.1) is 11.4 Å². The number of nitrogens with zero attached hydrogens (tertiary/aromatic N) is 1. The highest BCUT2D eigenvalue weighted by Gasteiger charge is 2.22. The molecule has 0 unspecified atom stereocenters. The Morgan fingerprint density at radius 1 is 1.21 bits per heavy atom. The molecule has 1 aromatic carbocycles. The van der Waals surface area contributed by atoms with Crippen molar-refractivity contribution in [1.82, 2.24) is 4.98 Å². The van der Waals surface area contributed by atoms with E-state index in [9.17, 15) is 0 Å². The molecule has 0 aliphatic heterocycles. The van der Waals surface area contributed by atoms with E-state index >= 15 is 0 Å². The van der Waals surface area contributed by atoms with Crippen molar-refractivity contribution in [3.63, 3.8) is 0 Å². The molecule has 0 spiro atoms. The average molecular weight is 292 g/mol. The van der Waals surface area contributed by atoms with Crippen LogP contribution in [0.15, 0.2) is 35.2 Å². The van der Waals surface area contributed by atoms with Gasteiger partial charge >= 0.3 is 0 Å². The zero-order valence-electron chi connectivity index (χ0n) is 11.6. The minimum atomic E-state index is 0.0703. The van der Waals surface area contributed by atoms with Crippen molar-refractivity contribution >= 4 is 23.1 Å². The SMILES string of the molecule is CC(C)(C)c1nc(CSc2ccccc2)sc1CN. The minimum Gasteiger partial charge on any atom is -0.326 e. The summed E-state index contributed by atoms with van der Waals surface area (Å²) in [5.41, 5.74) is 7.06. The van der Waals surface area contributed by atoms with Crippen molar-refractivity contribution in [1.29, 1.82) is 0 Å². The minimum absolute atomic E-state index is 0.0703. The van der Waals surface area contributed by atoms with E-state index in [1.165, 1.54) is 14.8 Å². The molecule has 1 aromatic heterocycles. The highest BCUT2D eigenvalue weighted by Crippen LogP contribution is 2.32. The summed E-state index contributed by atoms with van der Waals surface area (Å²) in [4.78, 5) is 7.29. The fourth-order valence-electron chi connectivity index (χ4n) is 1.85. The Bertz CT molecular complexity index is 527. The molecule has 4 heteroatoms. The van der Waals surface area contributed by atoms with E-state index in [1.807, 2.05) is 17.8 Å². The summed E-state index contributed by atoms with van der Waals surface area (Å²) in [6.07, 6.45) is 0. The monoisotopic (exact) mass is 292 g/mol. The summed E-state index contributed by atoms with van der Waals surface area (Å²) in [5, 5.41) is 1.17. The van der Waals surface area contributed by atoms with Crippen molar-refractivity contribution in [2.24, 2.45) is 5.73 Å². The Morgan fingerprint density at radius 3 is 2.42 bits per heavy atom. The molecule has 0 saturated heterocycles. The first-order valence-corrected chi connectivity index (χ1v) is 8.18. The van der Waals surface area contributed by atoms with Gasteiger partial charge in [0.1, 0.15) is 5.01 Å². The Labute approximate surface area is 123 Å². The zero-order valence-corrected chi connectivity index (χ0v) is 13.3. The van der Waals surface area contributed by atoms with Gasteiger partial charge in [-0.3, -0.25) is 0 Å². The molecule has 2 nitrogen and oxygen atoms in total. The van der Waals surface area contributed by atoms with Gasteiger partial charge in [-0.1, -0.05) is 39.0 Å². The van der Waals surface area contributed by atoms with Crippen molar-refractivity contribution in [2.75, 3.05) is 0 Å². The van der Waals surface area contributed by atoms with Gasteiger partial charge in [0.15, 0.2) is 0 Å². The molecule has 0 radical (unpaired) electrons. The summed E-state index contributed by atoms with van der Waals surface area (Å²) in [5.74, 6) is 0.914. The topological polar surface area (TPSA) is 38.9 Å². The van der Waals surface area contributed by atoms with Gasteiger partial charge in [-0.05, 0) is 12.1 Å². The summed E-state index contributed by atoms with van der Waals surface area (Å²) in [7, 11) is 0. The molecule has 0 aliphatic rings. The molecule has 102 valence electrons. The Kier molecular flexibility index (Phi) is 4.66. The molecule has 2 N–H and O–H groups in total. The highest BCUT2D eigenvalue weighted by molar-refractivity contribution is 7.98. The lowest BCUT2D eigenvalue weighted by Crippen LogP contribution is -2.15. The molecule has 2 rings (SSSR count). The fourth-order valence-corrected chi connectivity index (χ4v) is 3.92. The van der Waals surface area contributed by atoms with Crippen molar-refractivity contribution < 1.29 is 0 Å². The van der Waals surface area contributed by atoms with E-state index < -0.39 is 0 Å². The first kappa shape index (κ1) is 14.6. The molecule has 2 aromatic rings. The summed E-state index contributed by atoms with van der Waals surface area (Å²) in [6, 6.07) is 10.4. The maximum Gasteiger partial charge on any atom is 0.103 e. The Balaban J connectivity index is 2.12. The molecule has 0 saturated carbocycles. The molecule has 0 bridgehead atoms. The molecular formula is C15H20N2S2. The largest absolute Gasteiger partial charge is 0.326 e. The number of hydrogen-bond acceptors (Lipinski definition) is 4. The maximum absolute atomic E-state index is 5.83. The number of thiazole rings is 1. The van der Waals surface area contributed by atoms with Crippen LogP contribution >= 0.6 is 23.1 Å². The lowest BCUT2D eigenvalue weighted by atomic mass is 9.91. The molecule has 0 aliphatic carbocycles.